The van der Waals surface area contributed by atoms with Gasteiger partial charge in [0.15, 0.2) is 0 Å². The zero-order valence-electron chi connectivity index (χ0n) is 13.9. The standard InChI is InChI=1S/C23H12F4/c24-22(25)18-10-9-14-5-1-2-6-15(14)11-19(18)23(26,27)21-13-17-8-4-3-7-16(17)12-20(21)22/h1-8,11-13,18H. The molecule has 1 atom stereocenters. The highest BCUT2D eigenvalue weighted by molar-refractivity contribution is 5.85. The number of alkyl halides is 4. The van der Waals surface area contributed by atoms with Crippen molar-refractivity contribution in [1.82, 2.24) is 0 Å². The summed E-state index contributed by atoms with van der Waals surface area (Å²) in [7, 11) is 0. The fourth-order valence-electron chi connectivity index (χ4n) is 3.86. The van der Waals surface area contributed by atoms with Gasteiger partial charge in [0, 0.05) is 22.3 Å². The van der Waals surface area contributed by atoms with Gasteiger partial charge in [-0.1, -0.05) is 54.3 Å². The van der Waals surface area contributed by atoms with Gasteiger partial charge >= 0.3 is 0 Å². The van der Waals surface area contributed by atoms with E-state index in [0.717, 1.165) is 0 Å². The van der Waals surface area contributed by atoms with Gasteiger partial charge in [0.25, 0.3) is 11.8 Å². The molecule has 0 saturated carbocycles. The molecule has 0 spiro atoms. The van der Waals surface area contributed by atoms with Gasteiger partial charge < -0.3 is 0 Å². The second-order valence-electron chi connectivity index (χ2n) is 6.83. The Morgan fingerprint density at radius 3 is 2.15 bits per heavy atom. The highest BCUT2D eigenvalue weighted by atomic mass is 19.3. The van der Waals surface area contributed by atoms with Gasteiger partial charge in [-0.3, -0.25) is 0 Å². The van der Waals surface area contributed by atoms with Crippen LogP contribution < -0.4 is 0 Å². The summed E-state index contributed by atoms with van der Waals surface area (Å²) in [5.74, 6) is -3.81. The van der Waals surface area contributed by atoms with Crippen LogP contribution in [-0.2, 0) is 11.8 Å². The lowest BCUT2D eigenvalue weighted by Crippen LogP contribution is -2.40. The summed E-state index contributed by atoms with van der Waals surface area (Å²) in [6.07, 6.45) is 1.17. The molecule has 0 radical (unpaired) electrons. The molecule has 1 unspecified atom stereocenters. The summed E-state index contributed by atoms with van der Waals surface area (Å²) < 4.78 is 61.5. The molecule has 4 heteroatoms. The Balaban J connectivity index is 1.86. The van der Waals surface area contributed by atoms with Crippen molar-refractivity contribution in [2.45, 2.75) is 11.8 Å². The van der Waals surface area contributed by atoms with E-state index in [1.807, 2.05) is 0 Å². The van der Waals surface area contributed by atoms with E-state index >= 15 is 17.6 Å². The van der Waals surface area contributed by atoms with E-state index in [2.05, 4.69) is 11.8 Å². The van der Waals surface area contributed by atoms with Crippen LogP contribution in [0.3, 0.4) is 0 Å². The number of benzene rings is 3. The molecule has 132 valence electrons. The van der Waals surface area contributed by atoms with Crippen LogP contribution in [0.2, 0.25) is 0 Å². The number of rotatable bonds is 0. The van der Waals surface area contributed by atoms with Gasteiger partial charge in [-0.25, -0.2) is 0 Å². The summed E-state index contributed by atoms with van der Waals surface area (Å²) >= 11 is 0. The van der Waals surface area contributed by atoms with Gasteiger partial charge in [-0.05, 0) is 40.6 Å². The Morgan fingerprint density at radius 1 is 0.778 bits per heavy atom. The first-order valence-corrected chi connectivity index (χ1v) is 8.51. The van der Waals surface area contributed by atoms with Crippen molar-refractivity contribution in [3.8, 4) is 11.8 Å². The molecule has 0 nitrogen and oxygen atoms in total. The fourth-order valence-corrected chi connectivity index (χ4v) is 3.86. The molecule has 0 aliphatic heterocycles. The van der Waals surface area contributed by atoms with Gasteiger partial charge in [-0.15, -0.1) is 0 Å². The average molecular weight is 364 g/mol. The Bertz CT molecular complexity index is 1190. The van der Waals surface area contributed by atoms with Crippen LogP contribution in [0.5, 0.6) is 0 Å². The Kier molecular flexibility index (Phi) is 3.13. The van der Waals surface area contributed by atoms with Crippen molar-refractivity contribution in [3.63, 3.8) is 0 Å². The SMILES string of the molecule is FC1(F)C2=Cc3ccccc3C#CC2C(F)(F)c2cc3ccccc3cc21. The predicted molar refractivity (Wildman–Crippen MR) is 96.5 cm³/mol. The molecule has 0 aromatic heterocycles. The van der Waals surface area contributed by atoms with Crippen LogP contribution in [0.1, 0.15) is 22.3 Å². The van der Waals surface area contributed by atoms with Crippen LogP contribution in [-0.4, -0.2) is 0 Å². The van der Waals surface area contributed by atoms with Crippen molar-refractivity contribution in [2.75, 3.05) is 0 Å². The minimum absolute atomic E-state index is 0.433. The van der Waals surface area contributed by atoms with Crippen LogP contribution in [0.4, 0.5) is 17.6 Å². The second kappa shape index (κ2) is 5.23. The third kappa shape index (κ3) is 2.18. The lowest BCUT2D eigenvalue weighted by molar-refractivity contribution is -0.0789. The number of hydrogen-bond acceptors (Lipinski definition) is 0. The molecule has 0 amide bonds. The molecule has 27 heavy (non-hydrogen) atoms. The maximum absolute atomic E-state index is 15.4. The van der Waals surface area contributed by atoms with Gasteiger partial charge in [0.2, 0.25) is 0 Å². The summed E-state index contributed by atoms with van der Waals surface area (Å²) in [6.45, 7) is 0. The lowest BCUT2D eigenvalue weighted by Gasteiger charge is -2.37. The van der Waals surface area contributed by atoms with Gasteiger partial charge in [-0.2, -0.15) is 17.6 Å². The van der Waals surface area contributed by atoms with Crippen LogP contribution in [0.25, 0.3) is 16.8 Å². The average Bonchev–Trinajstić information content (AvgIpc) is 2.87. The van der Waals surface area contributed by atoms with E-state index < -0.39 is 34.5 Å². The molecule has 0 bridgehead atoms. The number of hydrogen-bond donors (Lipinski definition) is 0. The molecule has 0 fully saturated rings. The van der Waals surface area contributed by atoms with E-state index in [1.54, 1.807) is 48.5 Å². The molecule has 3 aromatic carbocycles. The molecule has 0 N–H and O–H groups in total. The second-order valence-corrected chi connectivity index (χ2v) is 6.83. The molecular formula is C23H12F4. The molecule has 3 aromatic rings. The van der Waals surface area contributed by atoms with Crippen molar-refractivity contribution >= 4 is 16.8 Å². The normalized spacial score (nSPS) is 21.0. The zero-order chi connectivity index (χ0) is 18.8. The number of fused-ring (bicyclic) bond motifs is 4. The smallest absolute Gasteiger partial charge is 0.200 e. The van der Waals surface area contributed by atoms with Gasteiger partial charge in [0.05, 0.1) is 0 Å². The number of halogens is 4. The van der Waals surface area contributed by atoms with Crippen LogP contribution in [0.15, 0.2) is 66.2 Å². The maximum atomic E-state index is 15.4. The molecule has 5 rings (SSSR count). The largest absolute Gasteiger partial charge is 0.296 e. The zero-order valence-corrected chi connectivity index (χ0v) is 13.9. The first-order chi connectivity index (χ1) is 12.9. The predicted octanol–water partition coefficient (Wildman–Crippen LogP) is 6.10. The van der Waals surface area contributed by atoms with Crippen molar-refractivity contribution in [2.24, 2.45) is 5.92 Å². The monoisotopic (exact) mass is 364 g/mol. The summed E-state index contributed by atoms with van der Waals surface area (Å²) in [5, 5.41) is 1.01. The molecule has 0 heterocycles. The highest BCUT2D eigenvalue weighted by Gasteiger charge is 2.58. The lowest BCUT2D eigenvalue weighted by atomic mass is 9.74. The molecule has 0 saturated heterocycles. The van der Waals surface area contributed by atoms with Crippen LogP contribution in [0, 0.1) is 17.8 Å². The molecule has 2 aliphatic rings. The minimum Gasteiger partial charge on any atom is -0.200 e. The third-order valence-electron chi connectivity index (χ3n) is 5.24. The Labute approximate surface area is 153 Å². The van der Waals surface area contributed by atoms with Crippen molar-refractivity contribution in [1.29, 1.82) is 0 Å². The highest BCUT2D eigenvalue weighted by Crippen LogP contribution is 2.57. The Morgan fingerprint density at radius 2 is 1.41 bits per heavy atom. The first kappa shape index (κ1) is 16.1. The van der Waals surface area contributed by atoms with Crippen molar-refractivity contribution < 1.29 is 17.6 Å². The van der Waals surface area contributed by atoms with E-state index in [1.165, 1.54) is 18.2 Å². The maximum Gasteiger partial charge on any atom is 0.296 e. The fraction of sp³-hybridized carbons (Fsp3) is 0.130. The number of allylic oxidation sites excluding steroid dienone is 1. The van der Waals surface area contributed by atoms with Gasteiger partial charge in [0.1, 0.15) is 5.92 Å². The minimum atomic E-state index is -3.53. The topological polar surface area (TPSA) is 0 Å². The quantitative estimate of drug-likeness (QED) is 0.334. The third-order valence-corrected chi connectivity index (χ3v) is 5.24. The van der Waals surface area contributed by atoms with E-state index in [9.17, 15) is 0 Å². The van der Waals surface area contributed by atoms with E-state index in [-0.39, 0.29) is 0 Å². The molecule has 2 aliphatic carbocycles. The molecular weight excluding hydrogens is 352 g/mol. The summed E-state index contributed by atoms with van der Waals surface area (Å²) in [6, 6.07) is 15.7. The first-order valence-electron chi connectivity index (χ1n) is 8.51. The van der Waals surface area contributed by atoms with Crippen LogP contribution >= 0.6 is 0 Å². The summed E-state index contributed by atoms with van der Waals surface area (Å²) in [4.78, 5) is 0. The van der Waals surface area contributed by atoms with Crippen molar-refractivity contribution in [3.05, 3.63) is 88.5 Å². The summed E-state index contributed by atoms with van der Waals surface area (Å²) in [5.41, 5.74) is -1.03. The Hall–Kier alpha value is -3.06. The van der Waals surface area contributed by atoms with E-state index in [4.69, 9.17) is 0 Å². The van der Waals surface area contributed by atoms with E-state index in [0.29, 0.717) is 21.9 Å².